The predicted molar refractivity (Wildman–Crippen MR) is 314 cm³/mol. The molecule has 0 saturated carbocycles. The number of quaternary nitrogens is 1. The van der Waals surface area contributed by atoms with Gasteiger partial charge >= 0.3 is 11.9 Å². The maximum Gasteiger partial charge on any atom is 0.306 e. The van der Waals surface area contributed by atoms with E-state index in [1.807, 2.05) is 33.3 Å². The Labute approximate surface area is 456 Å². The Morgan fingerprint density at radius 1 is 0.432 bits per heavy atom. The van der Waals surface area contributed by atoms with Crippen molar-refractivity contribution in [2.45, 2.75) is 264 Å². The van der Waals surface area contributed by atoms with Crippen LogP contribution in [0.1, 0.15) is 258 Å². The lowest BCUT2D eigenvalue weighted by Crippen LogP contribution is -2.37. The van der Waals surface area contributed by atoms with Crippen LogP contribution in [0.25, 0.3) is 0 Å². The number of hydrogen-bond donors (Lipinski definition) is 0. The van der Waals surface area contributed by atoms with Crippen molar-refractivity contribution >= 4 is 19.8 Å². The smallest absolute Gasteiger partial charge is 0.306 e. The first-order chi connectivity index (χ1) is 36.0. The molecule has 0 spiro atoms. The van der Waals surface area contributed by atoms with Gasteiger partial charge in [-0.3, -0.25) is 14.2 Å². The Hall–Kier alpha value is -2.81. The standard InChI is InChI=1S/C64H114NO8P/c1-6-8-10-12-14-16-18-20-22-24-26-27-28-29-30-31-32-33-34-35-36-37-39-40-42-44-46-48-50-52-54-56-63(66)70-60-62(61-72-74(68,69)71-59-58-65(3,4)5)73-64(67)57-55-53-51-49-47-45-43-41-38-25-23-21-19-17-15-13-11-9-7-2/h9,11,15,17,21,23-24,26,38,41,45,47,51,53,62H,6-8,10,12-14,16,18-20,22,25,27-37,39-40,42-44,46,48-50,52,54-61H2,1-5H3/b11-9-,17-15-,23-21-,26-24-,41-38-,47-45-,53-51-. The molecule has 428 valence electrons. The van der Waals surface area contributed by atoms with Gasteiger partial charge in [0, 0.05) is 12.8 Å². The molecule has 0 aliphatic carbocycles. The number of hydrogen-bond acceptors (Lipinski definition) is 8. The number of phosphoric acid groups is 1. The predicted octanol–water partition coefficient (Wildman–Crippen LogP) is 18.4. The van der Waals surface area contributed by atoms with Gasteiger partial charge in [-0.1, -0.05) is 253 Å². The van der Waals surface area contributed by atoms with Gasteiger partial charge in [0.05, 0.1) is 27.7 Å². The summed E-state index contributed by atoms with van der Waals surface area (Å²) in [6.45, 7) is 4.05. The Balaban J connectivity index is 4.13. The van der Waals surface area contributed by atoms with Crippen LogP contribution in [0.3, 0.4) is 0 Å². The third-order valence-electron chi connectivity index (χ3n) is 12.9. The molecule has 2 atom stereocenters. The van der Waals surface area contributed by atoms with E-state index in [0.717, 1.165) is 57.8 Å². The molecule has 0 saturated heterocycles. The first-order valence-electron chi connectivity index (χ1n) is 30.3. The molecule has 2 unspecified atom stereocenters. The van der Waals surface area contributed by atoms with Crippen molar-refractivity contribution in [1.82, 2.24) is 0 Å². The molecule has 0 aliphatic rings. The van der Waals surface area contributed by atoms with E-state index in [4.69, 9.17) is 18.5 Å². The molecule has 10 heteroatoms. The van der Waals surface area contributed by atoms with Crippen LogP contribution in [0.5, 0.6) is 0 Å². The minimum absolute atomic E-state index is 0.0472. The number of allylic oxidation sites excluding steroid dienone is 14. The molecule has 9 nitrogen and oxygen atoms in total. The summed E-state index contributed by atoms with van der Waals surface area (Å²) >= 11 is 0. The third kappa shape index (κ3) is 58.5. The van der Waals surface area contributed by atoms with Gasteiger partial charge in [0.25, 0.3) is 7.82 Å². The van der Waals surface area contributed by atoms with Crippen LogP contribution in [-0.4, -0.2) is 70.0 Å². The van der Waals surface area contributed by atoms with Crippen molar-refractivity contribution in [3.63, 3.8) is 0 Å². The molecule has 74 heavy (non-hydrogen) atoms. The van der Waals surface area contributed by atoms with Gasteiger partial charge in [-0.25, -0.2) is 0 Å². The number of carbonyl (C=O) groups excluding carboxylic acids is 2. The van der Waals surface area contributed by atoms with E-state index in [-0.39, 0.29) is 26.1 Å². The van der Waals surface area contributed by atoms with Crippen molar-refractivity contribution in [1.29, 1.82) is 0 Å². The highest BCUT2D eigenvalue weighted by Crippen LogP contribution is 2.38. The zero-order valence-electron chi connectivity index (χ0n) is 48.5. The van der Waals surface area contributed by atoms with Crippen LogP contribution in [0.2, 0.25) is 0 Å². The molecule has 0 aromatic carbocycles. The average Bonchev–Trinajstić information content (AvgIpc) is 3.36. The number of unbranched alkanes of at least 4 members (excludes halogenated alkanes) is 27. The first-order valence-corrected chi connectivity index (χ1v) is 31.8. The number of esters is 2. The highest BCUT2D eigenvalue weighted by molar-refractivity contribution is 7.45. The molecular weight excluding hydrogens is 942 g/mol. The van der Waals surface area contributed by atoms with E-state index >= 15 is 0 Å². The summed E-state index contributed by atoms with van der Waals surface area (Å²) in [7, 11) is 1.12. The first kappa shape index (κ1) is 71.2. The quantitative estimate of drug-likeness (QED) is 0.0195. The molecule has 0 radical (unpaired) electrons. The van der Waals surface area contributed by atoms with Gasteiger partial charge in [-0.15, -0.1) is 0 Å². The van der Waals surface area contributed by atoms with Crippen molar-refractivity contribution in [3.05, 3.63) is 85.1 Å². The largest absolute Gasteiger partial charge is 0.756 e. The summed E-state index contributed by atoms with van der Waals surface area (Å²) in [5, 5.41) is 0. The number of carbonyl (C=O) groups is 2. The van der Waals surface area contributed by atoms with Crippen molar-refractivity contribution in [3.8, 4) is 0 Å². The van der Waals surface area contributed by atoms with E-state index in [1.165, 1.54) is 167 Å². The molecule has 0 fully saturated rings. The summed E-state index contributed by atoms with van der Waals surface area (Å²) in [5.74, 6) is -0.928. The second-order valence-corrected chi connectivity index (χ2v) is 22.7. The molecule has 0 aromatic heterocycles. The second kappa shape index (κ2) is 55.0. The molecular formula is C64H114NO8P. The van der Waals surface area contributed by atoms with E-state index in [9.17, 15) is 19.0 Å². The van der Waals surface area contributed by atoms with Crippen LogP contribution >= 0.6 is 7.82 Å². The van der Waals surface area contributed by atoms with Crippen LogP contribution in [0.15, 0.2) is 85.1 Å². The fraction of sp³-hybridized carbons (Fsp3) is 0.750. The third-order valence-corrected chi connectivity index (χ3v) is 13.9. The normalized spacial score (nSPS) is 13.9. The lowest BCUT2D eigenvalue weighted by molar-refractivity contribution is -0.870. The number of ether oxygens (including phenoxy) is 2. The summed E-state index contributed by atoms with van der Waals surface area (Å²) in [6, 6.07) is 0. The van der Waals surface area contributed by atoms with Gasteiger partial charge in [-0.05, 0) is 77.0 Å². The Kier molecular flexibility index (Phi) is 52.9. The zero-order valence-corrected chi connectivity index (χ0v) is 49.4. The summed E-state index contributed by atoms with van der Waals surface area (Å²) < 4.78 is 34.0. The minimum atomic E-state index is -4.66. The molecule has 0 rings (SSSR count). The Morgan fingerprint density at radius 2 is 0.797 bits per heavy atom. The van der Waals surface area contributed by atoms with Crippen LogP contribution in [-0.2, 0) is 32.7 Å². The van der Waals surface area contributed by atoms with Gasteiger partial charge in [0.1, 0.15) is 19.8 Å². The van der Waals surface area contributed by atoms with Crippen LogP contribution < -0.4 is 4.89 Å². The average molecular weight is 1060 g/mol. The molecule has 0 aliphatic heterocycles. The minimum Gasteiger partial charge on any atom is -0.756 e. The topological polar surface area (TPSA) is 111 Å². The fourth-order valence-corrected chi connectivity index (χ4v) is 9.00. The second-order valence-electron chi connectivity index (χ2n) is 21.3. The highest BCUT2D eigenvalue weighted by Gasteiger charge is 2.21. The zero-order chi connectivity index (χ0) is 54.2. The summed E-state index contributed by atoms with van der Waals surface area (Å²) in [4.78, 5) is 37.8. The van der Waals surface area contributed by atoms with E-state index in [1.54, 1.807) is 0 Å². The molecule has 0 N–H and O–H groups in total. The van der Waals surface area contributed by atoms with Crippen molar-refractivity contribution in [2.24, 2.45) is 0 Å². The van der Waals surface area contributed by atoms with Gasteiger partial charge in [-0.2, -0.15) is 0 Å². The SMILES string of the molecule is CC/C=C\C/C=C\C/C=C\C/C=C\C/C=C\C/C=C\CCC(=O)OC(COC(=O)CCCCCCCCCCCCCCCCCCCCC/C=C\CCCCCCCCCC)COP(=O)([O-])OCC[N+](C)(C)C. The molecule has 0 heterocycles. The van der Waals surface area contributed by atoms with Crippen LogP contribution in [0, 0.1) is 0 Å². The van der Waals surface area contributed by atoms with E-state index in [0.29, 0.717) is 17.4 Å². The number of rotatable bonds is 55. The van der Waals surface area contributed by atoms with Gasteiger partial charge in [0.15, 0.2) is 6.10 Å². The maximum atomic E-state index is 12.7. The highest BCUT2D eigenvalue weighted by atomic mass is 31.2. The van der Waals surface area contributed by atoms with Gasteiger partial charge in [0.2, 0.25) is 0 Å². The number of nitrogens with zero attached hydrogens (tertiary/aromatic N) is 1. The van der Waals surface area contributed by atoms with Crippen molar-refractivity contribution < 1.29 is 42.1 Å². The van der Waals surface area contributed by atoms with E-state index < -0.39 is 32.5 Å². The molecule has 0 aromatic rings. The fourth-order valence-electron chi connectivity index (χ4n) is 8.27. The van der Waals surface area contributed by atoms with Crippen molar-refractivity contribution in [2.75, 3.05) is 47.5 Å². The summed E-state index contributed by atoms with van der Waals surface area (Å²) in [5.41, 5.74) is 0. The number of likely N-dealkylation sites (N-methyl/N-ethyl adjacent to an activating group) is 1. The monoisotopic (exact) mass is 1060 g/mol. The Morgan fingerprint density at radius 3 is 1.20 bits per heavy atom. The Bertz CT molecular complexity index is 1520. The summed E-state index contributed by atoms with van der Waals surface area (Å²) in [6.07, 6.45) is 73.9. The van der Waals surface area contributed by atoms with E-state index in [2.05, 4.69) is 86.8 Å². The lowest BCUT2D eigenvalue weighted by Gasteiger charge is -2.28. The number of phosphoric ester groups is 1. The molecule has 0 amide bonds. The van der Waals surface area contributed by atoms with Crippen LogP contribution in [0.4, 0.5) is 0 Å². The lowest BCUT2D eigenvalue weighted by atomic mass is 10.0. The molecule has 0 bridgehead atoms. The van der Waals surface area contributed by atoms with Gasteiger partial charge < -0.3 is 27.9 Å². The maximum absolute atomic E-state index is 12.7.